The van der Waals surface area contributed by atoms with Crippen molar-refractivity contribution in [3.8, 4) is 0 Å². The molecule has 1 saturated heterocycles. The largest absolute Gasteiger partial charge is 0.391 e. The summed E-state index contributed by atoms with van der Waals surface area (Å²) in [7, 11) is 2.04. The molecule has 1 fully saturated rings. The number of aliphatic hydroxyl groups is 1. The Labute approximate surface area is 142 Å². The molecule has 4 heteroatoms. The zero-order valence-electron chi connectivity index (χ0n) is 14.0. The highest BCUT2D eigenvalue weighted by Gasteiger charge is 2.29. The number of likely N-dealkylation sites (tertiary alicyclic amines) is 1. The minimum absolute atomic E-state index is 0.247. The van der Waals surface area contributed by atoms with E-state index in [4.69, 9.17) is 0 Å². The van der Waals surface area contributed by atoms with Gasteiger partial charge in [-0.15, -0.1) is 0 Å². The first kappa shape index (κ1) is 15.4. The molecule has 1 aliphatic rings. The standard InChI is InChI=1S/C20H23N3O/c1-22-12-16(18-8-5-10-21-20(18)22)13-23-11-9-17(19(24)14-23)15-6-3-2-4-7-15/h2-8,10,12,17,19,24H,9,11,13-14H2,1H3/t17-,19-/m1/s1. The third-order valence-corrected chi connectivity index (χ3v) is 5.10. The number of nitrogens with zero attached hydrogens (tertiary/aromatic N) is 3. The summed E-state index contributed by atoms with van der Waals surface area (Å²) in [5, 5.41) is 11.8. The van der Waals surface area contributed by atoms with E-state index in [1.807, 2.05) is 25.4 Å². The number of aryl methyl sites for hydroxylation is 1. The molecule has 3 heterocycles. The van der Waals surface area contributed by atoms with Crippen LogP contribution in [0.3, 0.4) is 0 Å². The Kier molecular flexibility index (Phi) is 4.08. The summed E-state index contributed by atoms with van der Waals surface area (Å²) < 4.78 is 2.08. The zero-order valence-corrected chi connectivity index (χ0v) is 14.0. The van der Waals surface area contributed by atoms with Crippen LogP contribution in [-0.4, -0.2) is 38.8 Å². The van der Waals surface area contributed by atoms with Crippen LogP contribution in [0, 0.1) is 0 Å². The van der Waals surface area contributed by atoms with Crippen molar-refractivity contribution in [3.63, 3.8) is 0 Å². The second-order valence-electron chi connectivity index (χ2n) is 6.75. The number of pyridine rings is 1. The van der Waals surface area contributed by atoms with Crippen molar-refractivity contribution in [2.45, 2.75) is 25.0 Å². The number of hydrogen-bond acceptors (Lipinski definition) is 3. The van der Waals surface area contributed by atoms with Crippen LogP contribution in [0.25, 0.3) is 11.0 Å². The van der Waals surface area contributed by atoms with Gasteiger partial charge in [0.2, 0.25) is 0 Å². The molecule has 4 nitrogen and oxygen atoms in total. The van der Waals surface area contributed by atoms with Crippen LogP contribution in [0.2, 0.25) is 0 Å². The number of fused-ring (bicyclic) bond motifs is 1. The summed E-state index contributed by atoms with van der Waals surface area (Å²) in [6.07, 6.45) is 4.68. The molecule has 1 N–H and O–H groups in total. The van der Waals surface area contributed by atoms with E-state index < -0.39 is 0 Å². The van der Waals surface area contributed by atoms with Gasteiger partial charge in [0.1, 0.15) is 5.65 Å². The Morgan fingerprint density at radius 1 is 1.17 bits per heavy atom. The van der Waals surface area contributed by atoms with Gasteiger partial charge in [0, 0.05) is 43.8 Å². The fourth-order valence-electron chi connectivity index (χ4n) is 3.89. The summed E-state index contributed by atoms with van der Waals surface area (Å²) in [6.45, 7) is 2.59. The number of hydrogen-bond donors (Lipinski definition) is 1. The molecule has 0 amide bonds. The lowest BCUT2D eigenvalue weighted by molar-refractivity contribution is 0.0478. The second kappa shape index (κ2) is 6.38. The van der Waals surface area contributed by atoms with Crippen molar-refractivity contribution in [2.24, 2.45) is 7.05 Å². The zero-order chi connectivity index (χ0) is 16.5. The van der Waals surface area contributed by atoms with Crippen molar-refractivity contribution in [3.05, 3.63) is 66.0 Å². The minimum Gasteiger partial charge on any atom is -0.391 e. The average molecular weight is 321 g/mol. The van der Waals surface area contributed by atoms with Gasteiger partial charge in [-0.25, -0.2) is 4.98 Å². The molecule has 0 unspecified atom stereocenters. The first-order valence-corrected chi connectivity index (χ1v) is 8.56. The molecule has 2 atom stereocenters. The summed E-state index contributed by atoms with van der Waals surface area (Å²) in [4.78, 5) is 6.81. The lowest BCUT2D eigenvalue weighted by Gasteiger charge is -2.36. The Bertz CT molecular complexity index is 827. The van der Waals surface area contributed by atoms with Crippen LogP contribution in [-0.2, 0) is 13.6 Å². The van der Waals surface area contributed by atoms with Crippen LogP contribution in [0.5, 0.6) is 0 Å². The molecule has 1 aliphatic heterocycles. The Hall–Kier alpha value is -2.17. The van der Waals surface area contributed by atoms with Gasteiger partial charge in [-0.1, -0.05) is 30.3 Å². The Morgan fingerprint density at radius 2 is 2.00 bits per heavy atom. The normalized spacial score (nSPS) is 22.1. The lowest BCUT2D eigenvalue weighted by Crippen LogP contribution is -2.42. The molecule has 2 aromatic heterocycles. The molecule has 0 aliphatic carbocycles. The predicted molar refractivity (Wildman–Crippen MR) is 95.8 cm³/mol. The fourth-order valence-corrected chi connectivity index (χ4v) is 3.89. The van der Waals surface area contributed by atoms with Crippen LogP contribution in [0.15, 0.2) is 54.9 Å². The molecule has 0 bridgehead atoms. The molecule has 124 valence electrons. The minimum atomic E-state index is -0.311. The van der Waals surface area contributed by atoms with Crippen molar-refractivity contribution in [2.75, 3.05) is 13.1 Å². The quantitative estimate of drug-likeness (QED) is 0.806. The monoisotopic (exact) mass is 321 g/mol. The van der Waals surface area contributed by atoms with Gasteiger partial charge >= 0.3 is 0 Å². The maximum Gasteiger partial charge on any atom is 0.139 e. The maximum atomic E-state index is 10.6. The molecule has 1 aromatic carbocycles. The highest BCUT2D eigenvalue weighted by atomic mass is 16.3. The van der Waals surface area contributed by atoms with Gasteiger partial charge in [0.05, 0.1) is 6.10 Å². The first-order chi connectivity index (χ1) is 11.7. The first-order valence-electron chi connectivity index (χ1n) is 8.56. The van der Waals surface area contributed by atoms with Gasteiger partial charge in [0.25, 0.3) is 0 Å². The van der Waals surface area contributed by atoms with Crippen molar-refractivity contribution in [1.29, 1.82) is 0 Å². The van der Waals surface area contributed by atoms with Crippen molar-refractivity contribution in [1.82, 2.24) is 14.5 Å². The molecular weight excluding hydrogens is 298 g/mol. The second-order valence-corrected chi connectivity index (χ2v) is 6.75. The third kappa shape index (κ3) is 2.83. The van der Waals surface area contributed by atoms with Crippen molar-refractivity contribution < 1.29 is 5.11 Å². The SMILES string of the molecule is Cn1cc(CN2CC[C@H](c3ccccc3)[C@H](O)C2)c2cccnc21. The molecule has 0 radical (unpaired) electrons. The van der Waals surface area contributed by atoms with Gasteiger partial charge in [-0.3, -0.25) is 4.90 Å². The number of benzene rings is 1. The van der Waals surface area contributed by atoms with Gasteiger partial charge in [-0.2, -0.15) is 0 Å². The predicted octanol–water partition coefficient (Wildman–Crippen LogP) is 2.92. The van der Waals surface area contributed by atoms with Crippen LogP contribution in [0.4, 0.5) is 0 Å². The number of aliphatic hydroxyl groups excluding tert-OH is 1. The van der Waals surface area contributed by atoms with E-state index in [0.29, 0.717) is 0 Å². The molecule has 4 rings (SSSR count). The molecule has 0 spiro atoms. The lowest BCUT2D eigenvalue weighted by atomic mass is 9.87. The topological polar surface area (TPSA) is 41.3 Å². The summed E-state index contributed by atoms with van der Waals surface area (Å²) >= 11 is 0. The van der Waals surface area contributed by atoms with Crippen LogP contribution >= 0.6 is 0 Å². The highest BCUT2D eigenvalue weighted by Crippen LogP contribution is 2.30. The fraction of sp³-hybridized carbons (Fsp3) is 0.350. The van der Waals surface area contributed by atoms with E-state index >= 15 is 0 Å². The molecular formula is C20H23N3O. The summed E-state index contributed by atoms with van der Waals surface area (Å²) in [6, 6.07) is 14.5. The van der Waals surface area contributed by atoms with Crippen LogP contribution < -0.4 is 0 Å². The van der Waals surface area contributed by atoms with Gasteiger partial charge in [-0.05, 0) is 36.2 Å². The maximum absolute atomic E-state index is 10.6. The Morgan fingerprint density at radius 3 is 2.79 bits per heavy atom. The van der Waals surface area contributed by atoms with Gasteiger partial charge < -0.3 is 9.67 Å². The van der Waals surface area contributed by atoms with E-state index in [-0.39, 0.29) is 12.0 Å². The van der Waals surface area contributed by atoms with E-state index in [1.165, 1.54) is 16.5 Å². The van der Waals surface area contributed by atoms with E-state index in [1.54, 1.807) is 0 Å². The molecule has 24 heavy (non-hydrogen) atoms. The van der Waals surface area contributed by atoms with Crippen molar-refractivity contribution >= 4 is 11.0 Å². The smallest absolute Gasteiger partial charge is 0.139 e. The van der Waals surface area contributed by atoms with Crippen LogP contribution in [0.1, 0.15) is 23.5 Å². The third-order valence-electron chi connectivity index (χ3n) is 5.10. The average Bonchev–Trinajstić information content (AvgIpc) is 2.92. The molecule has 0 saturated carbocycles. The number of piperidine rings is 1. The van der Waals surface area contributed by atoms with E-state index in [0.717, 1.165) is 31.7 Å². The highest BCUT2D eigenvalue weighted by molar-refractivity contribution is 5.80. The van der Waals surface area contributed by atoms with E-state index in [2.05, 4.69) is 51.0 Å². The Balaban J connectivity index is 1.49. The number of β-amino-alcohol motifs (C(OH)–C–C–N with tert-alkyl or cyclic N) is 1. The summed E-state index contributed by atoms with van der Waals surface area (Å²) in [5.74, 6) is 0.247. The van der Waals surface area contributed by atoms with E-state index in [9.17, 15) is 5.11 Å². The number of rotatable bonds is 3. The molecule has 3 aromatic rings. The van der Waals surface area contributed by atoms with Gasteiger partial charge in [0.15, 0.2) is 0 Å². The summed E-state index contributed by atoms with van der Waals surface area (Å²) in [5.41, 5.74) is 3.55. The number of aromatic nitrogens is 2.